The first kappa shape index (κ1) is 11.4. The predicted octanol–water partition coefficient (Wildman–Crippen LogP) is 0.818. The smallest absolute Gasteiger partial charge is 0.0626 e. The molecular weight excluding hydrogens is 188 g/mol. The molecule has 2 aliphatic rings. The zero-order chi connectivity index (χ0) is 10.9. The lowest BCUT2D eigenvalue weighted by molar-refractivity contribution is 0.121. The van der Waals surface area contributed by atoms with Crippen LogP contribution in [0.1, 0.15) is 32.6 Å². The summed E-state index contributed by atoms with van der Waals surface area (Å²) in [4.78, 5) is 2.42. The summed E-state index contributed by atoms with van der Waals surface area (Å²) in [5, 5.41) is 9.44. The van der Waals surface area contributed by atoms with Crippen LogP contribution in [0, 0.1) is 11.8 Å². The van der Waals surface area contributed by atoms with E-state index >= 15 is 0 Å². The molecule has 2 fully saturated rings. The highest BCUT2D eigenvalue weighted by molar-refractivity contribution is 5.00. The maximum absolute atomic E-state index is 9.44. The van der Waals surface area contributed by atoms with Crippen LogP contribution < -0.4 is 5.73 Å². The van der Waals surface area contributed by atoms with Crippen LogP contribution >= 0.6 is 0 Å². The van der Waals surface area contributed by atoms with E-state index in [-0.39, 0.29) is 12.1 Å². The highest BCUT2D eigenvalue weighted by Crippen LogP contribution is 2.39. The zero-order valence-electron chi connectivity index (χ0n) is 9.78. The molecule has 0 heterocycles. The van der Waals surface area contributed by atoms with E-state index in [1.165, 1.54) is 32.2 Å². The van der Waals surface area contributed by atoms with Gasteiger partial charge in [0.05, 0.1) is 12.1 Å². The molecule has 0 bridgehead atoms. The van der Waals surface area contributed by atoms with Gasteiger partial charge in [-0.15, -0.1) is 0 Å². The molecule has 2 aliphatic carbocycles. The lowest BCUT2D eigenvalue weighted by atomic mass is 9.94. The average molecular weight is 212 g/mol. The molecule has 2 rings (SSSR count). The van der Waals surface area contributed by atoms with Gasteiger partial charge in [-0.25, -0.2) is 0 Å². The third-order valence-electron chi connectivity index (χ3n) is 3.86. The third-order valence-corrected chi connectivity index (χ3v) is 3.86. The van der Waals surface area contributed by atoms with Crippen LogP contribution in [0.5, 0.6) is 0 Å². The SMILES string of the molecule is CCN(CC1CC1)CC(N)(CO)C1CC1. The number of hydrogen-bond donors (Lipinski definition) is 2. The first-order chi connectivity index (χ1) is 7.18. The van der Waals surface area contributed by atoms with Crippen LogP contribution in [0.25, 0.3) is 0 Å². The van der Waals surface area contributed by atoms with Crippen molar-refractivity contribution in [1.29, 1.82) is 0 Å². The Hall–Kier alpha value is -0.120. The molecule has 88 valence electrons. The van der Waals surface area contributed by atoms with Gasteiger partial charge in [0.25, 0.3) is 0 Å². The summed E-state index contributed by atoms with van der Waals surface area (Å²) in [5.74, 6) is 1.47. The van der Waals surface area contributed by atoms with Gasteiger partial charge in [0.15, 0.2) is 0 Å². The van der Waals surface area contributed by atoms with Crippen LogP contribution in [0.4, 0.5) is 0 Å². The lowest BCUT2D eigenvalue weighted by Gasteiger charge is -2.33. The van der Waals surface area contributed by atoms with Gasteiger partial charge in [-0.3, -0.25) is 0 Å². The largest absolute Gasteiger partial charge is 0.394 e. The van der Waals surface area contributed by atoms with Gasteiger partial charge in [0.1, 0.15) is 0 Å². The van der Waals surface area contributed by atoms with Gasteiger partial charge in [-0.05, 0) is 44.1 Å². The van der Waals surface area contributed by atoms with Crippen molar-refractivity contribution in [3.63, 3.8) is 0 Å². The minimum absolute atomic E-state index is 0.138. The average Bonchev–Trinajstić information content (AvgIpc) is 3.07. The Balaban J connectivity index is 1.84. The summed E-state index contributed by atoms with van der Waals surface area (Å²) in [7, 11) is 0. The molecule has 1 atom stereocenters. The van der Waals surface area contributed by atoms with E-state index in [1.54, 1.807) is 0 Å². The maximum Gasteiger partial charge on any atom is 0.0626 e. The van der Waals surface area contributed by atoms with E-state index in [2.05, 4.69) is 11.8 Å². The van der Waals surface area contributed by atoms with Crippen molar-refractivity contribution >= 4 is 0 Å². The van der Waals surface area contributed by atoms with Crippen LogP contribution in [0.15, 0.2) is 0 Å². The maximum atomic E-state index is 9.44. The van der Waals surface area contributed by atoms with E-state index in [4.69, 9.17) is 5.73 Å². The molecule has 2 saturated carbocycles. The van der Waals surface area contributed by atoms with Gasteiger partial charge in [0, 0.05) is 13.1 Å². The molecule has 0 spiro atoms. The number of hydrogen-bond acceptors (Lipinski definition) is 3. The molecule has 3 heteroatoms. The van der Waals surface area contributed by atoms with Crippen molar-refractivity contribution in [3.05, 3.63) is 0 Å². The second kappa shape index (κ2) is 4.40. The monoisotopic (exact) mass is 212 g/mol. The van der Waals surface area contributed by atoms with Crippen molar-refractivity contribution < 1.29 is 5.11 Å². The van der Waals surface area contributed by atoms with E-state index < -0.39 is 0 Å². The first-order valence-electron chi connectivity index (χ1n) is 6.30. The molecule has 0 aromatic heterocycles. The molecule has 0 amide bonds. The quantitative estimate of drug-likeness (QED) is 0.657. The van der Waals surface area contributed by atoms with E-state index in [0.717, 1.165) is 19.0 Å². The summed E-state index contributed by atoms with van der Waals surface area (Å²) >= 11 is 0. The number of aliphatic hydroxyl groups is 1. The van der Waals surface area contributed by atoms with Crippen LogP contribution in [0.3, 0.4) is 0 Å². The molecule has 0 saturated heterocycles. The van der Waals surface area contributed by atoms with E-state index in [0.29, 0.717) is 5.92 Å². The fourth-order valence-electron chi connectivity index (χ4n) is 2.35. The van der Waals surface area contributed by atoms with E-state index in [9.17, 15) is 5.11 Å². The Morgan fingerprint density at radius 1 is 1.33 bits per heavy atom. The number of nitrogens with zero attached hydrogens (tertiary/aromatic N) is 1. The summed E-state index contributed by atoms with van der Waals surface area (Å²) in [6.45, 7) is 5.44. The highest BCUT2D eigenvalue weighted by atomic mass is 16.3. The fourth-order valence-corrected chi connectivity index (χ4v) is 2.35. The Bertz CT molecular complexity index is 214. The summed E-state index contributed by atoms with van der Waals surface area (Å²) in [6, 6.07) is 0. The van der Waals surface area contributed by atoms with Crippen molar-refractivity contribution in [2.24, 2.45) is 17.6 Å². The van der Waals surface area contributed by atoms with Crippen LogP contribution in [0.2, 0.25) is 0 Å². The molecule has 15 heavy (non-hydrogen) atoms. The molecule has 3 N–H and O–H groups in total. The zero-order valence-corrected chi connectivity index (χ0v) is 9.78. The highest BCUT2D eigenvalue weighted by Gasteiger charge is 2.43. The summed E-state index contributed by atoms with van der Waals surface area (Å²) < 4.78 is 0. The molecule has 0 aromatic rings. The van der Waals surface area contributed by atoms with Crippen molar-refractivity contribution in [2.45, 2.75) is 38.1 Å². The Kier molecular flexibility index (Phi) is 3.33. The molecule has 3 nitrogen and oxygen atoms in total. The second-order valence-electron chi connectivity index (χ2n) is 5.44. The first-order valence-corrected chi connectivity index (χ1v) is 6.30. The van der Waals surface area contributed by atoms with Crippen molar-refractivity contribution in [1.82, 2.24) is 4.90 Å². The van der Waals surface area contributed by atoms with Crippen LogP contribution in [-0.4, -0.2) is 41.8 Å². The number of rotatable bonds is 7. The van der Waals surface area contributed by atoms with Gasteiger partial charge >= 0.3 is 0 Å². The molecule has 0 radical (unpaired) electrons. The van der Waals surface area contributed by atoms with Crippen molar-refractivity contribution in [2.75, 3.05) is 26.2 Å². The Morgan fingerprint density at radius 2 is 2.00 bits per heavy atom. The predicted molar refractivity (Wildman–Crippen MR) is 61.6 cm³/mol. The van der Waals surface area contributed by atoms with Gasteiger partial charge in [0.2, 0.25) is 0 Å². The number of nitrogens with two attached hydrogens (primary N) is 1. The molecular formula is C12H24N2O. The molecule has 0 aromatic carbocycles. The second-order valence-corrected chi connectivity index (χ2v) is 5.44. The Labute approximate surface area is 92.6 Å². The summed E-state index contributed by atoms with van der Waals surface area (Å²) in [6.07, 6.45) is 5.18. The summed E-state index contributed by atoms with van der Waals surface area (Å²) in [5.41, 5.74) is 5.96. The third kappa shape index (κ3) is 2.92. The van der Waals surface area contributed by atoms with Gasteiger partial charge in [-0.2, -0.15) is 0 Å². The molecule has 0 aliphatic heterocycles. The van der Waals surface area contributed by atoms with E-state index in [1.807, 2.05) is 0 Å². The standard InChI is InChI=1S/C12H24N2O/c1-2-14(7-10-3-4-10)8-12(13,9-15)11-5-6-11/h10-11,15H,2-9,13H2,1H3. The number of aliphatic hydroxyl groups excluding tert-OH is 1. The topological polar surface area (TPSA) is 49.5 Å². The lowest BCUT2D eigenvalue weighted by Crippen LogP contribution is -2.55. The minimum Gasteiger partial charge on any atom is -0.394 e. The Morgan fingerprint density at radius 3 is 2.40 bits per heavy atom. The van der Waals surface area contributed by atoms with Gasteiger partial charge < -0.3 is 15.7 Å². The number of likely N-dealkylation sites (N-methyl/N-ethyl adjacent to an activating group) is 1. The minimum atomic E-state index is -0.328. The fraction of sp³-hybridized carbons (Fsp3) is 1.00. The van der Waals surface area contributed by atoms with Crippen molar-refractivity contribution in [3.8, 4) is 0 Å². The molecule has 1 unspecified atom stereocenters. The van der Waals surface area contributed by atoms with Gasteiger partial charge in [-0.1, -0.05) is 6.92 Å². The normalized spacial score (nSPS) is 25.6. The van der Waals surface area contributed by atoms with Crippen LogP contribution in [-0.2, 0) is 0 Å².